The van der Waals surface area contributed by atoms with Gasteiger partial charge in [-0.25, -0.2) is 0 Å². The molecule has 0 aliphatic heterocycles. The molecule has 164 valence electrons. The quantitative estimate of drug-likeness (QED) is 0.393. The number of carbonyl (C=O) groups excluding carboxylic acids is 1. The first-order valence-electron chi connectivity index (χ1n) is 10.3. The smallest absolute Gasteiger partial charge is 0.339 e. The number of benzene rings is 2. The van der Waals surface area contributed by atoms with Crippen molar-refractivity contribution >= 4 is 21.7 Å². The van der Waals surface area contributed by atoms with Crippen molar-refractivity contribution in [3.63, 3.8) is 0 Å². The van der Waals surface area contributed by atoms with Crippen molar-refractivity contribution in [1.29, 1.82) is 0 Å². The van der Waals surface area contributed by atoms with E-state index in [1.165, 1.54) is 68.1 Å². The molecule has 2 bridgehead atoms. The molecule has 0 unspecified atom stereocenters. The van der Waals surface area contributed by atoms with Crippen LogP contribution < -0.4 is 9.50 Å². The molecule has 2 aliphatic carbocycles. The summed E-state index contributed by atoms with van der Waals surface area (Å²) < 4.78 is 29.9. The zero-order valence-electron chi connectivity index (χ0n) is 17.1. The highest BCUT2D eigenvalue weighted by molar-refractivity contribution is 7.87. The van der Waals surface area contributed by atoms with Crippen molar-refractivity contribution in [1.82, 2.24) is 5.32 Å². The maximum Gasteiger partial charge on any atom is 0.339 e. The molecule has 0 spiro atoms. The molecule has 1 N–H and O–H groups in total. The first-order chi connectivity index (χ1) is 14.7. The SMILES string of the molecule is C[C@@H](NC(=O)c1ccc(OS(=O)(=O)c2cccc([N+](=O)[O-])c2)cc1)[C@H]1C[C@H]2CC[C@H]1C2. The highest BCUT2D eigenvalue weighted by Crippen LogP contribution is 2.49. The van der Waals surface area contributed by atoms with Crippen LogP contribution in [0.1, 0.15) is 43.0 Å². The van der Waals surface area contributed by atoms with Gasteiger partial charge in [0.1, 0.15) is 10.6 Å². The largest absolute Gasteiger partial charge is 0.379 e. The number of nitrogens with zero attached hydrogens (tertiary/aromatic N) is 1. The normalized spacial score (nSPS) is 23.3. The number of fused-ring (bicyclic) bond motifs is 2. The average molecular weight is 445 g/mol. The van der Waals surface area contributed by atoms with Crippen LogP contribution in [0.15, 0.2) is 53.4 Å². The van der Waals surface area contributed by atoms with E-state index in [9.17, 15) is 23.3 Å². The minimum atomic E-state index is -4.24. The van der Waals surface area contributed by atoms with Gasteiger partial charge in [-0.15, -0.1) is 0 Å². The topological polar surface area (TPSA) is 116 Å². The van der Waals surface area contributed by atoms with Gasteiger partial charge in [-0.3, -0.25) is 14.9 Å². The van der Waals surface area contributed by atoms with Gasteiger partial charge in [0.05, 0.1) is 4.92 Å². The Kier molecular flexibility index (Phi) is 5.70. The number of nitro benzene ring substituents is 1. The standard InChI is InChI=1S/C22H24N2O6S/c1-14(21-12-15-5-6-17(21)11-15)23-22(25)16-7-9-19(10-8-16)30-31(28,29)20-4-2-3-18(13-20)24(26)27/h2-4,7-10,13-15,17,21H,5-6,11-12H2,1H3,(H,23,25)/t14-,15+,17+,21-/m1/s1. The summed E-state index contributed by atoms with van der Waals surface area (Å²) in [6, 6.07) is 10.5. The van der Waals surface area contributed by atoms with Crippen LogP contribution in [-0.2, 0) is 10.1 Å². The summed E-state index contributed by atoms with van der Waals surface area (Å²) in [7, 11) is -4.24. The second-order valence-electron chi connectivity index (χ2n) is 8.42. The molecule has 31 heavy (non-hydrogen) atoms. The van der Waals surface area contributed by atoms with E-state index in [0.29, 0.717) is 17.4 Å². The van der Waals surface area contributed by atoms with E-state index in [0.717, 1.165) is 12.0 Å². The Morgan fingerprint density at radius 3 is 2.52 bits per heavy atom. The molecule has 4 rings (SSSR count). The van der Waals surface area contributed by atoms with Gasteiger partial charge in [0.15, 0.2) is 0 Å². The Morgan fingerprint density at radius 1 is 1.16 bits per heavy atom. The highest BCUT2D eigenvalue weighted by atomic mass is 32.2. The zero-order chi connectivity index (χ0) is 22.2. The monoisotopic (exact) mass is 444 g/mol. The van der Waals surface area contributed by atoms with E-state index in [-0.39, 0.29) is 28.3 Å². The minimum Gasteiger partial charge on any atom is -0.379 e. The van der Waals surface area contributed by atoms with Crippen LogP contribution in [0.3, 0.4) is 0 Å². The molecule has 8 nitrogen and oxygen atoms in total. The van der Waals surface area contributed by atoms with Crippen LogP contribution in [-0.4, -0.2) is 25.3 Å². The van der Waals surface area contributed by atoms with Gasteiger partial charge in [0.25, 0.3) is 11.6 Å². The third-order valence-electron chi connectivity index (χ3n) is 6.43. The Balaban J connectivity index is 1.40. The molecule has 2 aromatic carbocycles. The predicted molar refractivity (Wildman–Crippen MR) is 113 cm³/mol. The van der Waals surface area contributed by atoms with Crippen LogP contribution in [0.2, 0.25) is 0 Å². The van der Waals surface area contributed by atoms with E-state index in [4.69, 9.17) is 4.18 Å². The van der Waals surface area contributed by atoms with Gasteiger partial charge in [-0.2, -0.15) is 8.42 Å². The van der Waals surface area contributed by atoms with Gasteiger partial charge in [0, 0.05) is 23.7 Å². The van der Waals surface area contributed by atoms with E-state index in [1.807, 2.05) is 6.92 Å². The lowest BCUT2D eigenvalue weighted by molar-refractivity contribution is -0.385. The Labute approximate surface area is 180 Å². The van der Waals surface area contributed by atoms with Crippen molar-refractivity contribution in [3.8, 4) is 5.75 Å². The minimum absolute atomic E-state index is 0.0178. The third-order valence-corrected chi connectivity index (χ3v) is 7.68. The second-order valence-corrected chi connectivity index (χ2v) is 9.96. The van der Waals surface area contributed by atoms with Crippen LogP contribution in [0.5, 0.6) is 5.75 Å². The van der Waals surface area contributed by atoms with Crippen LogP contribution >= 0.6 is 0 Å². The fraction of sp³-hybridized carbons (Fsp3) is 0.409. The number of hydrogen-bond donors (Lipinski definition) is 1. The molecule has 4 atom stereocenters. The molecule has 2 fully saturated rings. The summed E-state index contributed by atoms with van der Waals surface area (Å²) in [5.74, 6) is 1.84. The van der Waals surface area contributed by atoms with Gasteiger partial charge in [-0.1, -0.05) is 12.5 Å². The van der Waals surface area contributed by atoms with E-state index < -0.39 is 15.0 Å². The number of non-ortho nitro benzene ring substituents is 1. The predicted octanol–water partition coefficient (Wildman–Crippen LogP) is 3.92. The molecular formula is C22H24N2O6S. The fourth-order valence-electron chi connectivity index (χ4n) is 4.89. The number of amides is 1. The molecule has 2 aromatic rings. The number of nitro groups is 1. The summed E-state index contributed by atoms with van der Waals surface area (Å²) in [6.45, 7) is 2.05. The summed E-state index contributed by atoms with van der Waals surface area (Å²) in [5, 5.41) is 13.9. The maximum atomic E-state index is 12.6. The molecule has 0 aromatic heterocycles. The first-order valence-corrected chi connectivity index (χ1v) is 11.7. The van der Waals surface area contributed by atoms with Gasteiger partial charge < -0.3 is 9.50 Å². The number of carbonyl (C=O) groups is 1. The van der Waals surface area contributed by atoms with E-state index in [2.05, 4.69) is 5.32 Å². The lowest BCUT2D eigenvalue weighted by atomic mass is 9.84. The van der Waals surface area contributed by atoms with Crippen molar-refractivity contribution in [2.75, 3.05) is 0 Å². The number of hydrogen-bond acceptors (Lipinski definition) is 6. The van der Waals surface area contributed by atoms with Gasteiger partial charge in [-0.05, 0) is 74.3 Å². The molecule has 9 heteroatoms. The summed E-state index contributed by atoms with van der Waals surface area (Å²) in [4.78, 5) is 22.5. The molecule has 2 saturated carbocycles. The van der Waals surface area contributed by atoms with Crippen molar-refractivity contribution in [2.24, 2.45) is 17.8 Å². The lowest BCUT2D eigenvalue weighted by Crippen LogP contribution is -2.40. The van der Waals surface area contributed by atoms with Crippen LogP contribution in [0.25, 0.3) is 0 Å². The van der Waals surface area contributed by atoms with Crippen molar-refractivity contribution < 1.29 is 22.3 Å². The zero-order valence-corrected chi connectivity index (χ0v) is 17.9. The van der Waals surface area contributed by atoms with Crippen LogP contribution in [0.4, 0.5) is 5.69 Å². The first kappa shape index (κ1) is 21.3. The average Bonchev–Trinajstić information content (AvgIpc) is 3.38. The van der Waals surface area contributed by atoms with E-state index in [1.54, 1.807) is 0 Å². The molecule has 0 heterocycles. The molecule has 2 aliphatic rings. The Bertz CT molecular complexity index is 1100. The highest BCUT2D eigenvalue weighted by Gasteiger charge is 2.42. The number of nitrogens with one attached hydrogen (secondary N) is 1. The van der Waals surface area contributed by atoms with Gasteiger partial charge >= 0.3 is 10.1 Å². The number of rotatable bonds is 7. The molecular weight excluding hydrogens is 420 g/mol. The lowest BCUT2D eigenvalue weighted by Gasteiger charge is -2.28. The van der Waals surface area contributed by atoms with Crippen molar-refractivity contribution in [2.45, 2.75) is 43.5 Å². The Morgan fingerprint density at radius 2 is 1.90 bits per heavy atom. The van der Waals surface area contributed by atoms with Crippen LogP contribution in [0, 0.1) is 27.9 Å². The summed E-state index contributed by atoms with van der Waals surface area (Å²) in [6.07, 6.45) is 5.01. The maximum absolute atomic E-state index is 12.6. The van der Waals surface area contributed by atoms with Gasteiger partial charge in [0.2, 0.25) is 0 Å². The third kappa shape index (κ3) is 4.56. The molecule has 0 saturated heterocycles. The Hall–Kier alpha value is -2.94. The second kappa shape index (κ2) is 8.30. The fourth-order valence-corrected chi connectivity index (χ4v) is 5.86. The van der Waals surface area contributed by atoms with E-state index >= 15 is 0 Å². The summed E-state index contributed by atoms with van der Waals surface area (Å²) in [5.41, 5.74) is 0.0661. The van der Waals surface area contributed by atoms with Crippen molar-refractivity contribution in [3.05, 3.63) is 64.2 Å². The molecule has 0 radical (unpaired) electrons. The molecule has 1 amide bonds. The summed E-state index contributed by atoms with van der Waals surface area (Å²) >= 11 is 0.